The molecule has 0 saturated heterocycles. The zero-order valence-corrected chi connectivity index (χ0v) is 8.20. The van der Waals surface area contributed by atoms with Gasteiger partial charge in [-0.3, -0.25) is 9.36 Å². The van der Waals surface area contributed by atoms with Gasteiger partial charge in [0.25, 0.3) is 5.56 Å². The fourth-order valence-electron chi connectivity index (χ4n) is 1.31. The Kier molecular flexibility index (Phi) is 2.70. The van der Waals surface area contributed by atoms with E-state index in [9.17, 15) is 9.59 Å². The van der Waals surface area contributed by atoms with Crippen molar-refractivity contribution in [2.75, 3.05) is 0 Å². The molecule has 4 heteroatoms. The molecule has 0 saturated carbocycles. The van der Waals surface area contributed by atoms with Gasteiger partial charge in [-0.05, 0) is 13.3 Å². The molecule has 0 bridgehead atoms. The maximum absolute atomic E-state index is 11.5. The van der Waals surface area contributed by atoms with Crippen molar-refractivity contribution in [3.8, 4) is 0 Å². The molecular formula is C9H14N2O2. The summed E-state index contributed by atoms with van der Waals surface area (Å²) in [6.07, 6.45) is 2.36. The maximum atomic E-state index is 11.5. The molecule has 72 valence electrons. The molecule has 1 rings (SSSR count). The molecule has 0 aliphatic carbocycles. The molecule has 0 amide bonds. The predicted molar refractivity (Wildman–Crippen MR) is 51.0 cm³/mol. The second kappa shape index (κ2) is 3.60. The Hall–Kier alpha value is -1.32. The van der Waals surface area contributed by atoms with Crippen LogP contribution < -0.4 is 11.2 Å². The third-order valence-electron chi connectivity index (χ3n) is 1.95. The highest BCUT2D eigenvalue weighted by atomic mass is 16.2. The monoisotopic (exact) mass is 182 g/mol. The van der Waals surface area contributed by atoms with Crippen LogP contribution in [0, 0.1) is 6.92 Å². The van der Waals surface area contributed by atoms with Gasteiger partial charge in [-0.15, -0.1) is 0 Å². The largest absolute Gasteiger partial charge is 0.330 e. The van der Waals surface area contributed by atoms with E-state index in [0.29, 0.717) is 12.1 Å². The fourth-order valence-corrected chi connectivity index (χ4v) is 1.31. The van der Waals surface area contributed by atoms with Crippen LogP contribution in [-0.4, -0.2) is 9.13 Å². The molecule has 0 N–H and O–H groups in total. The van der Waals surface area contributed by atoms with Crippen LogP contribution in [0.15, 0.2) is 15.8 Å². The molecule has 4 nitrogen and oxygen atoms in total. The average molecular weight is 182 g/mol. The van der Waals surface area contributed by atoms with Crippen molar-refractivity contribution in [1.29, 1.82) is 0 Å². The smallest absolute Gasteiger partial charge is 0.303 e. The summed E-state index contributed by atoms with van der Waals surface area (Å²) in [6.45, 7) is 4.15. The third kappa shape index (κ3) is 1.71. The first kappa shape index (κ1) is 9.77. The zero-order chi connectivity index (χ0) is 10.0. The normalized spacial score (nSPS) is 10.4. The highest BCUT2D eigenvalue weighted by molar-refractivity contribution is 5.02. The lowest BCUT2D eigenvalue weighted by Gasteiger charge is -2.06. The van der Waals surface area contributed by atoms with E-state index in [-0.39, 0.29) is 11.2 Å². The van der Waals surface area contributed by atoms with Crippen molar-refractivity contribution in [1.82, 2.24) is 9.13 Å². The fraction of sp³-hybridized carbons (Fsp3) is 0.556. The van der Waals surface area contributed by atoms with Crippen molar-refractivity contribution in [3.63, 3.8) is 0 Å². The van der Waals surface area contributed by atoms with Crippen LogP contribution in [0.3, 0.4) is 0 Å². The summed E-state index contributed by atoms with van der Waals surface area (Å²) < 4.78 is 2.71. The van der Waals surface area contributed by atoms with Crippen molar-refractivity contribution in [3.05, 3.63) is 32.6 Å². The van der Waals surface area contributed by atoms with E-state index in [4.69, 9.17) is 0 Å². The molecule has 1 aromatic rings. The zero-order valence-electron chi connectivity index (χ0n) is 8.20. The van der Waals surface area contributed by atoms with Crippen LogP contribution in [0.4, 0.5) is 0 Å². The van der Waals surface area contributed by atoms with E-state index < -0.39 is 0 Å². The molecule has 0 aliphatic rings. The molecule has 0 fully saturated rings. The molecule has 0 spiro atoms. The van der Waals surface area contributed by atoms with E-state index >= 15 is 0 Å². The Morgan fingerprint density at radius 2 is 2.00 bits per heavy atom. The first-order valence-corrected chi connectivity index (χ1v) is 4.35. The Balaban J connectivity index is 3.47. The van der Waals surface area contributed by atoms with Gasteiger partial charge >= 0.3 is 5.69 Å². The van der Waals surface area contributed by atoms with Crippen LogP contribution in [0.1, 0.15) is 18.9 Å². The van der Waals surface area contributed by atoms with Crippen LogP contribution in [0.2, 0.25) is 0 Å². The van der Waals surface area contributed by atoms with Crippen molar-refractivity contribution in [2.24, 2.45) is 7.05 Å². The first-order valence-electron chi connectivity index (χ1n) is 4.35. The first-order chi connectivity index (χ1) is 6.07. The summed E-state index contributed by atoms with van der Waals surface area (Å²) in [7, 11) is 1.65. The number of rotatable bonds is 2. The number of aryl methyl sites for hydroxylation is 2. The van der Waals surface area contributed by atoms with Crippen LogP contribution in [0.5, 0.6) is 0 Å². The molecule has 1 heterocycles. The number of nitrogens with zero attached hydrogens (tertiary/aromatic N) is 2. The minimum Gasteiger partial charge on any atom is -0.303 e. The van der Waals surface area contributed by atoms with E-state index in [1.165, 1.54) is 9.13 Å². The van der Waals surface area contributed by atoms with Gasteiger partial charge in [-0.1, -0.05) is 6.92 Å². The Morgan fingerprint density at radius 3 is 2.54 bits per heavy atom. The average Bonchev–Trinajstić information content (AvgIpc) is 2.09. The molecular weight excluding hydrogens is 168 g/mol. The molecule has 0 unspecified atom stereocenters. The molecule has 1 aromatic heterocycles. The molecule has 0 aliphatic heterocycles. The van der Waals surface area contributed by atoms with Crippen molar-refractivity contribution >= 4 is 0 Å². The quantitative estimate of drug-likeness (QED) is 0.658. The van der Waals surface area contributed by atoms with Crippen LogP contribution in [0.25, 0.3) is 0 Å². The number of hydrogen-bond acceptors (Lipinski definition) is 2. The summed E-state index contributed by atoms with van der Waals surface area (Å²) in [5, 5.41) is 0. The van der Waals surface area contributed by atoms with Gasteiger partial charge in [-0.2, -0.15) is 0 Å². The third-order valence-corrected chi connectivity index (χ3v) is 1.95. The van der Waals surface area contributed by atoms with Gasteiger partial charge in [0.05, 0.1) is 0 Å². The lowest BCUT2D eigenvalue weighted by Crippen LogP contribution is -2.39. The predicted octanol–water partition coefficient (Wildman–Crippen LogP) is 0.265. The number of hydrogen-bond donors (Lipinski definition) is 0. The maximum Gasteiger partial charge on any atom is 0.330 e. The summed E-state index contributed by atoms with van der Waals surface area (Å²) >= 11 is 0. The van der Waals surface area contributed by atoms with E-state index in [1.54, 1.807) is 20.2 Å². The van der Waals surface area contributed by atoms with Gasteiger partial charge < -0.3 is 4.57 Å². The second-order valence-electron chi connectivity index (χ2n) is 3.16. The van der Waals surface area contributed by atoms with E-state index in [1.807, 2.05) is 6.92 Å². The van der Waals surface area contributed by atoms with Crippen LogP contribution in [-0.2, 0) is 13.6 Å². The SMILES string of the molecule is CCCn1c(=O)c(C)cn(C)c1=O. The number of aromatic nitrogens is 2. The van der Waals surface area contributed by atoms with Crippen molar-refractivity contribution in [2.45, 2.75) is 26.8 Å². The molecule has 0 atom stereocenters. The standard InChI is InChI=1S/C9H14N2O2/c1-4-5-11-8(12)7(2)6-10(3)9(11)13/h6H,4-5H2,1-3H3. The van der Waals surface area contributed by atoms with E-state index in [0.717, 1.165) is 6.42 Å². The van der Waals surface area contributed by atoms with Gasteiger partial charge in [0.2, 0.25) is 0 Å². The van der Waals surface area contributed by atoms with Gasteiger partial charge in [0.1, 0.15) is 0 Å². The van der Waals surface area contributed by atoms with Gasteiger partial charge in [-0.25, -0.2) is 4.79 Å². The Bertz CT molecular complexity index is 380. The highest BCUT2D eigenvalue weighted by Crippen LogP contribution is 1.85. The molecule has 0 aromatic carbocycles. The summed E-state index contributed by atoms with van der Waals surface area (Å²) in [6, 6.07) is 0. The molecule has 0 radical (unpaired) electrons. The topological polar surface area (TPSA) is 44.0 Å². The van der Waals surface area contributed by atoms with Gasteiger partial charge in [0, 0.05) is 25.4 Å². The highest BCUT2D eigenvalue weighted by Gasteiger charge is 2.04. The summed E-state index contributed by atoms with van der Waals surface area (Å²) in [5.74, 6) is 0. The second-order valence-corrected chi connectivity index (χ2v) is 3.16. The minimum absolute atomic E-state index is 0.176. The summed E-state index contributed by atoms with van der Waals surface area (Å²) in [4.78, 5) is 22.9. The van der Waals surface area contributed by atoms with Crippen LogP contribution >= 0.6 is 0 Å². The lowest BCUT2D eigenvalue weighted by molar-refractivity contribution is 0.576. The molecule has 13 heavy (non-hydrogen) atoms. The Morgan fingerprint density at radius 1 is 1.38 bits per heavy atom. The lowest BCUT2D eigenvalue weighted by atomic mass is 10.3. The van der Waals surface area contributed by atoms with E-state index in [2.05, 4.69) is 0 Å². The summed E-state index contributed by atoms with van der Waals surface area (Å²) in [5.41, 5.74) is 0.193. The van der Waals surface area contributed by atoms with Gasteiger partial charge in [0.15, 0.2) is 0 Å². The Labute approximate surface area is 76.4 Å². The van der Waals surface area contributed by atoms with Crippen molar-refractivity contribution < 1.29 is 0 Å². The minimum atomic E-state index is -0.238.